The molecule has 2 aromatic heterocycles. The summed E-state index contributed by atoms with van der Waals surface area (Å²) in [5, 5.41) is 6.41. The van der Waals surface area contributed by atoms with Crippen LogP contribution < -0.4 is 24.8 Å². The molecule has 35 heavy (non-hydrogen) atoms. The van der Waals surface area contributed by atoms with Crippen LogP contribution in [0.5, 0.6) is 17.2 Å². The zero-order chi connectivity index (χ0) is 24.8. The molecule has 0 bridgehead atoms. The molecule has 178 valence electrons. The van der Waals surface area contributed by atoms with E-state index >= 15 is 0 Å². The van der Waals surface area contributed by atoms with Gasteiger partial charge in [0, 0.05) is 35.3 Å². The molecule has 0 radical (unpaired) electrons. The van der Waals surface area contributed by atoms with E-state index in [-0.39, 0.29) is 5.78 Å². The van der Waals surface area contributed by atoms with Gasteiger partial charge in [0.2, 0.25) is 11.7 Å². The van der Waals surface area contributed by atoms with Crippen LogP contribution in [0.3, 0.4) is 0 Å². The standard InChI is InChI=1S/C25H24N6O4/c1-15(32)16-7-9-17(10-8-16)29-23-19(6-5-11-26-23)24-27-14-28-25(31-24)30-18-12-20(33-2)22(35-4)21(13-18)34-3/h5-14H,1-4H3,(H,26,29)(H,27,28,30,31). The highest BCUT2D eigenvalue weighted by Gasteiger charge is 2.15. The summed E-state index contributed by atoms with van der Waals surface area (Å²) in [5.41, 5.74) is 2.74. The Kier molecular flexibility index (Phi) is 7.01. The first-order chi connectivity index (χ1) is 17.0. The lowest BCUT2D eigenvalue weighted by Crippen LogP contribution is -2.03. The Balaban J connectivity index is 1.62. The molecule has 10 heteroatoms. The summed E-state index contributed by atoms with van der Waals surface area (Å²) in [6.07, 6.45) is 3.09. The summed E-state index contributed by atoms with van der Waals surface area (Å²) in [4.78, 5) is 29.1. The highest BCUT2D eigenvalue weighted by atomic mass is 16.5. The van der Waals surface area contributed by atoms with Crippen molar-refractivity contribution in [2.75, 3.05) is 32.0 Å². The molecule has 2 heterocycles. The number of benzene rings is 2. The average molecular weight is 473 g/mol. The summed E-state index contributed by atoms with van der Waals surface area (Å²) < 4.78 is 16.2. The number of hydrogen-bond donors (Lipinski definition) is 2. The monoisotopic (exact) mass is 472 g/mol. The Hall–Kier alpha value is -4.73. The lowest BCUT2D eigenvalue weighted by Gasteiger charge is -2.15. The third-order valence-electron chi connectivity index (χ3n) is 5.10. The van der Waals surface area contributed by atoms with E-state index in [1.165, 1.54) is 13.3 Å². The third-order valence-corrected chi connectivity index (χ3v) is 5.10. The summed E-state index contributed by atoms with van der Waals surface area (Å²) >= 11 is 0. The molecule has 0 fully saturated rings. The molecule has 4 aromatic rings. The number of carbonyl (C=O) groups is 1. The maximum Gasteiger partial charge on any atom is 0.230 e. The SMILES string of the molecule is COc1cc(Nc2ncnc(-c3cccnc3Nc3ccc(C(C)=O)cc3)n2)cc(OC)c1OC. The van der Waals surface area contributed by atoms with E-state index in [1.54, 1.807) is 57.9 Å². The predicted molar refractivity (Wildman–Crippen MR) is 132 cm³/mol. The first kappa shape index (κ1) is 23.4. The number of ether oxygens (including phenoxy) is 3. The van der Waals surface area contributed by atoms with E-state index in [2.05, 4.69) is 30.6 Å². The number of rotatable bonds is 9. The van der Waals surface area contributed by atoms with Crippen LogP contribution >= 0.6 is 0 Å². The Labute approximate surface area is 202 Å². The molecule has 0 atom stereocenters. The van der Waals surface area contributed by atoms with Gasteiger partial charge in [0.05, 0.1) is 26.9 Å². The fourth-order valence-electron chi connectivity index (χ4n) is 3.38. The van der Waals surface area contributed by atoms with Crippen LogP contribution in [0, 0.1) is 0 Å². The molecule has 0 saturated heterocycles. The normalized spacial score (nSPS) is 10.4. The minimum Gasteiger partial charge on any atom is -0.493 e. The molecule has 2 N–H and O–H groups in total. The number of nitrogens with one attached hydrogen (secondary N) is 2. The van der Waals surface area contributed by atoms with Gasteiger partial charge in [-0.3, -0.25) is 4.79 Å². The Bertz CT molecular complexity index is 1320. The van der Waals surface area contributed by atoms with Gasteiger partial charge in [-0.2, -0.15) is 4.98 Å². The van der Waals surface area contributed by atoms with Crippen molar-refractivity contribution >= 4 is 28.9 Å². The fraction of sp³-hybridized carbons (Fsp3) is 0.160. The molecular formula is C25H24N6O4. The summed E-state index contributed by atoms with van der Waals surface area (Å²) in [6.45, 7) is 1.53. The van der Waals surface area contributed by atoms with Crippen LogP contribution in [0.2, 0.25) is 0 Å². The molecule has 0 saturated carbocycles. The Morgan fingerprint density at radius 1 is 0.829 bits per heavy atom. The molecule has 0 amide bonds. The molecular weight excluding hydrogens is 448 g/mol. The molecule has 10 nitrogen and oxygen atoms in total. The number of carbonyl (C=O) groups excluding carboxylic acids is 1. The van der Waals surface area contributed by atoms with Gasteiger partial charge in [0.15, 0.2) is 23.1 Å². The van der Waals surface area contributed by atoms with E-state index in [1.807, 2.05) is 18.2 Å². The number of methoxy groups -OCH3 is 3. The second-order valence-corrected chi connectivity index (χ2v) is 7.33. The predicted octanol–water partition coefficient (Wildman–Crippen LogP) is 4.65. The number of pyridine rings is 1. The van der Waals surface area contributed by atoms with Gasteiger partial charge < -0.3 is 24.8 Å². The highest BCUT2D eigenvalue weighted by Crippen LogP contribution is 2.40. The number of nitrogens with zero attached hydrogens (tertiary/aromatic N) is 4. The van der Waals surface area contributed by atoms with Crippen LogP contribution in [-0.4, -0.2) is 47.0 Å². The van der Waals surface area contributed by atoms with Crippen molar-refractivity contribution in [3.63, 3.8) is 0 Å². The van der Waals surface area contributed by atoms with Crippen molar-refractivity contribution in [3.8, 4) is 28.6 Å². The van der Waals surface area contributed by atoms with Crippen LogP contribution in [0.4, 0.5) is 23.1 Å². The summed E-state index contributed by atoms with van der Waals surface area (Å²) in [5.74, 6) is 2.80. The van der Waals surface area contributed by atoms with Gasteiger partial charge in [0.1, 0.15) is 12.1 Å². The summed E-state index contributed by atoms with van der Waals surface area (Å²) in [7, 11) is 4.64. The second kappa shape index (κ2) is 10.5. The van der Waals surface area contributed by atoms with Crippen molar-refractivity contribution in [1.29, 1.82) is 0 Å². The van der Waals surface area contributed by atoms with Crippen molar-refractivity contribution in [3.05, 3.63) is 66.6 Å². The molecule has 2 aromatic carbocycles. The van der Waals surface area contributed by atoms with Crippen molar-refractivity contribution in [2.45, 2.75) is 6.92 Å². The molecule has 0 aliphatic heterocycles. The largest absolute Gasteiger partial charge is 0.493 e. The number of hydrogen-bond acceptors (Lipinski definition) is 10. The van der Waals surface area contributed by atoms with Gasteiger partial charge in [-0.25, -0.2) is 15.0 Å². The quantitative estimate of drug-likeness (QED) is 0.333. The molecule has 0 aliphatic carbocycles. The van der Waals surface area contributed by atoms with E-state index in [0.29, 0.717) is 51.7 Å². The van der Waals surface area contributed by atoms with Crippen LogP contribution in [-0.2, 0) is 0 Å². The first-order valence-corrected chi connectivity index (χ1v) is 10.6. The van der Waals surface area contributed by atoms with Gasteiger partial charge >= 0.3 is 0 Å². The van der Waals surface area contributed by atoms with Crippen LogP contribution in [0.15, 0.2) is 61.1 Å². The third kappa shape index (κ3) is 5.27. The second-order valence-electron chi connectivity index (χ2n) is 7.33. The van der Waals surface area contributed by atoms with Gasteiger partial charge in [0.25, 0.3) is 0 Å². The van der Waals surface area contributed by atoms with E-state index < -0.39 is 0 Å². The zero-order valence-electron chi connectivity index (χ0n) is 19.7. The Morgan fingerprint density at radius 3 is 2.17 bits per heavy atom. The maximum absolute atomic E-state index is 11.5. The van der Waals surface area contributed by atoms with Crippen molar-refractivity contribution in [2.24, 2.45) is 0 Å². The minimum absolute atomic E-state index is 0.00684. The smallest absolute Gasteiger partial charge is 0.230 e. The lowest BCUT2D eigenvalue weighted by atomic mass is 10.1. The number of aromatic nitrogens is 4. The number of anilines is 4. The maximum atomic E-state index is 11.5. The Morgan fingerprint density at radius 2 is 1.54 bits per heavy atom. The minimum atomic E-state index is 0.00684. The van der Waals surface area contributed by atoms with Gasteiger partial charge in [-0.05, 0) is 43.3 Å². The topological polar surface area (TPSA) is 120 Å². The average Bonchev–Trinajstić information content (AvgIpc) is 2.89. The van der Waals surface area contributed by atoms with E-state index in [0.717, 1.165) is 5.69 Å². The van der Waals surface area contributed by atoms with Crippen molar-refractivity contribution in [1.82, 2.24) is 19.9 Å². The van der Waals surface area contributed by atoms with Gasteiger partial charge in [-0.15, -0.1) is 0 Å². The first-order valence-electron chi connectivity index (χ1n) is 10.6. The molecule has 4 rings (SSSR count). The fourth-order valence-corrected chi connectivity index (χ4v) is 3.38. The zero-order valence-corrected chi connectivity index (χ0v) is 19.7. The lowest BCUT2D eigenvalue weighted by molar-refractivity contribution is 0.101. The molecule has 0 aliphatic rings. The molecule has 0 spiro atoms. The van der Waals surface area contributed by atoms with E-state index in [4.69, 9.17) is 14.2 Å². The van der Waals surface area contributed by atoms with Crippen LogP contribution in [0.1, 0.15) is 17.3 Å². The van der Waals surface area contributed by atoms with Crippen LogP contribution in [0.25, 0.3) is 11.4 Å². The van der Waals surface area contributed by atoms with Gasteiger partial charge in [-0.1, -0.05) is 0 Å². The molecule has 0 unspecified atom stereocenters. The highest BCUT2D eigenvalue weighted by molar-refractivity contribution is 5.94. The van der Waals surface area contributed by atoms with Crippen molar-refractivity contribution < 1.29 is 19.0 Å². The number of Topliss-reactive ketones (excluding diaryl/α,β-unsaturated/α-hetero) is 1. The summed E-state index contributed by atoms with van der Waals surface area (Å²) in [6, 6.07) is 14.3. The van der Waals surface area contributed by atoms with E-state index in [9.17, 15) is 4.79 Å². The number of ketones is 1.